The van der Waals surface area contributed by atoms with Gasteiger partial charge in [0.2, 0.25) is 11.8 Å². The van der Waals surface area contributed by atoms with Gasteiger partial charge in [0, 0.05) is 10.0 Å². The Labute approximate surface area is 137 Å². The van der Waals surface area contributed by atoms with Gasteiger partial charge < -0.3 is 0 Å². The van der Waals surface area contributed by atoms with Gasteiger partial charge >= 0.3 is 0 Å². The maximum absolute atomic E-state index is 12.9. The average molecular weight is 334 g/mol. The maximum atomic E-state index is 12.9. The van der Waals surface area contributed by atoms with E-state index in [0.29, 0.717) is 27.6 Å². The van der Waals surface area contributed by atoms with E-state index in [1.807, 2.05) is 0 Å². The van der Waals surface area contributed by atoms with Crippen LogP contribution in [0, 0.1) is 35.5 Å². The van der Waals surface area contributed by atoms with Crippen LogP contribution in [-0.4, -0.2) is 11.8 Å². The number of anilines is 1. The van der Waals surface area contributed by atoms with Gasteiger partial charge in [-0.05, 0) is 48.3 Å². The van der Waals surface area contributed by atoms with E-state index >= 15 is 0 Å². The van der Waals surface area contributed by atoms with E-state index in [2.05, 4.69) is 12.2 Å². The van der Waals surface area contributed by atoms with Crippen molar-refractivity contribution >= 4 is 40.7 Å². The second-order valence-electron chi connectivity index (χ2n) is 6.79. The second kappa shape index (κ2) is 4.15. The Morgan fingerprint density at radius 2 is 1.36 bits per heavy atom. The lowest BCUT2D eigenvalue weighted by atomic mass is 9.63. The molecule has 2 amide bonds. The number of nitrogens with zero attached hydrogens (tertiary/aromatic N) is 1. The first-order valence-electron chi connectivity index (χ1n) is 7.58. The van der Waals surface area contributed by atoms with Gasteiger partial charge in [0.1, 0.15) is 0 Å². The lowest BCUT2D eigenvalue weighted by Crippen LogP contribution is -2.40. The molecule has 1 aromatic rings. The molecule has 22 heavy (non-hydrogen) atoms. The van der Waals surface area contributed by atoms with Crippen molar-refractivity contribution in [3.8, 4) is 0 Å². The monoisotopic (exact) mass is 333 g/mol. The molecule has 0 spiro atoms. The standard InChI is InChI=1S/C17H13Cl2NO2/c18-7-3-8(19)5-9(4-7)20-16(21)14-10-1-2-11(13-6-12(10)13)15(14)17(20)22/h1-5,10-15H,6H2/t10-,11-,12-,13+,14+,15+/m0/s1. The minimum absolute atomic E-state index is 0.0852. The highest BCUT2D eigenvalue weighted by molar-refractivity contribution is 6.35. The van der Waals surface area contributed by atoms with Crippen LogP contribution in [0.5, 0.6) is 0 Å². The summed E-state index contributed by atoms with van der Waals surface area (Å²) < 4.78 is 0. The Morgan fingerprint density at radius 1 is 0.864 bits per heavy atom. The summed E-state index contributed by atoms with van der Waals surface area (Å²) in [5.41, 5.74) is 0.495. The van der Waals surface area contributed by atoms with Crippen molar-refractivity contribution in [3.05, 3.63) is 40.4 Å². The molecule has 3 nitrogen and oxygen atoms in total. The van der Waals surface area contributed by atoms with Crippen molar-refractivity contribution in [2.24, 2.45) is 35.5 Å². The van der Waals surface area contributed by atoms with E-state index in [9.17, 15) is 9.59 Å². The van der Waals surface area contributed by atoms with Crippen molar-refractivity contribution < 1.29 is 9.59 Å². The zero-order chi connectivity index (χ0) is 15.2. The Balaban J connectivity index is 1.60. The molecule has 0 N–H and O–H groups in total. The number of carbonyl (C=O) groups excluding carboxylic acids is 2. The SMILES string of the molecule is O=C1[C@@H]2[C@H]3C=C[C@@H]([C@@H]4C[C@H]34)[C@H]2C(=O)N1c1cc(Cl)cc(Cl)c1. The van der Waals surface area contributed by atoms with Gasteiger partial charge in [-0.1, -0.05) is 35.4 Å². The Morgan fingerprint density at radius 3 is 1.86 bits per heavy atom. The zero-order valence-corrected chi connectivity index (χ0v) is 13.1. The predicted molar refractivity (Wildman–Crippen MR) is 83.7 cm³/mol. The molecule has 1 aliphatic heterocycles. The van der Waals surface area contributed by atoms with Crippen molar-refractivity contribution in [2.75, 3.05) is 4.90 Å². The fraction of sp³-hybridized carbons (Fsp3) is 0.412. The van der Waals surface area contributed by atoms with Crippen LogP contribution in [0.4, 0.5) is 5.69 Å². The molecule has 2 saturated carbocycles. The minimum atomic E-state index is -0.191. The van der Waals surface area contributed by atoms with Crippen LogP contribution in [0.25, 0.3) is 0 Å². The first-order valence-corrected chi connectivity index (χ1v) is 8.34. The molecule has 6 rings (SSSR count). The molecule has 1 saturated heterocycles. The summed E-state index contributed by atoms with van der Waals surface area (Å²) in [4.78, 5) is 27.1. The molecule has 1 heterocycles. The van der Waals surface area contributed by atoms with Gasteiger partial charge in [0.15, 0.2) is 0 Å². The third kappa shape index (κ3) is 1.53. The number of hydrogen-bond donors (Lipinski definition) is 0. The van der Waals surface area contributed by atoms with Crippen molar-refractivity contribution in [2.45, 2.75) is 6.42 Å². The molecular weight excluding hydrogens is 321 g/mol. The molecule has 3 fully saturated rings. The minimum Gasteiger partial charge on any atom is -0.274 e. The Bertz CT molecular complexity index is 703. The Hall–Kier alpha value is -1.32. The van der Waals surface area contributed by atoms with Crippen LogP contribution in [0.2, 0.25) is 10.0 Å². The number of amides is 2. The highest BCUT2D eigenvalue weighted by Crippen LogP contribution is 2.65. The molecule has 2 bridgehead atoms. The predicted octanol–water partition coefficient (Wildman–Crippen LogP) is 3.55. The number of carbonyl (C=O) groups is 2. The molecule has 112 valence electrons. The summed E-state index contributed by atoms with van der Waals surface area (Å²) in [6, 6.07) is 4.87. The molecule has 1 aromatic carbocycles. The third-order valence-corrected chi connectivity index (χ3v) is 6.20. The number of halogens is 2. The number of hydrogen-bond acceptors (Lipinski definition) is 2. The molecule has 0 radical (unpaired) electrons. The van der Waals surface area contributed by atoms with Gasteiger partial charge in [-0.25, -0.2) is 4.90 Å². The summed E-state index contributed by atoms with van der Waals surface area (Å²) >= 11 is 12.1. The Kier molecular flexibility index (Phi) is 2.48. The topological polar surface area (TPSA) is 37.4 Å². The van der Waals surface area contributed by atoms with Gasteiger partial charge in [0.05, 0.1) is 17.5 Å². The van der Waals surface area contributed by atoms with Crippen molar-refractivity contribution in [3.63, 3.8) is 0 Å². The van der Waals surface area contributed by atoms with E-state index in [-0.39, 0.29) is 35.5 Å². The fourth-order valence-electron chi connectivity index (χ4n) is 4.88. The van der Waals surface area contributed by atoms with Crippen molar-refractivity contribution in [1.29, 1.82) is 0 Å². The van der Waals surface area contributed by atoms with E-state index < -0.39 is 0 Å². The first kappa shape index (κ1) is 13.1. The summed E-state index contributed by atoms with van der Waals surface area (Å²) in [5, 5.41) is 0.865. The number of imide groups is 1. The summed E-state index contributed by atoms with van der Waals surface area (Å²) in [7, 11) is 0. The molecular formula is C17H13Cl2NO2. The maximum Gasteiger partial charge on any atom is 0.238 e. The van der Waals surface area contributed by atoms with Crippen molar-refractivity contribution in [1.82, 2.24) is 0 Å². The smallest absolute Gasteiger partial charge is 0.238 e. The van der Waals surface area contributed by atoms with Crippen LogP contribution in [0.1, 0.15) is 6.42 Å². The summed E-state index contributed by atoms with van der Waals surface area (Å²) in [6.45, 7) is 0. The molecule has 0 unspecified atom stereocenters. The molecule has 6 atom stereocenters. The van der Waals surface area contributed by atoms with Gasteiger partial charge in [-0.2, -0.15) is 0 Å². The van der Waals surface area contributed by atoms with E-state index in [1.165, 1.54) is 11.3 Å². The first-order chi connectivity index (χ1) is 10.6. The van der Waals surface area contributed by atoms with E-state index in [0.717, 1.165) is 0 Å². The van der Waals surface area contributed by atoms with Crippen LogP contribution >= 0.6 is 23.2 Å². The van der Waals surface area contributed by atoms with E-state index in [1.54, 1.807) is 18.2 Å². The quantitative estimate of drug-likeness (QED) is 0.582. The van der Waals surface area contributed by atoms with E-state index in [4.69, 9.17) is 23.2 Å². The third-order valence-electron chi connectivity index (χ3n) is 5.77. The fourth-order valence-corrected chi connectivity index (χ4v) is 5.39. The summed E-state index contributed by atoms with van der Waals surface area (Å²) in [5.74, 6) is 1.13. The zero-order valence-electron chi connectivity index (χ0n) is 11.6. The van der Waals surface area contributed by atoms with Gasteiger partial charge in [-0.15, -0.1) is 0 Å². The average Bonchev–Trinajstić information content (AvgIpc) is 3.23. The summed E-state index contributed by atoms with van der Waals surface area (Å²) in [6.07, 6.45) is 5.50. The normalized spacial score (nSPS) is 40.9. The molecule has 4 aliphatic carbocycles. The highest BCUT2D eigenvalue weighted by atomic mass is 35.5. The second-order valence-corrected chi connectivity index (χ2v) is 7.67. The van der Waals surface area contributed by atoms with Crippen LogP contribution in [0.15, 0.2) is 30.4 Å². The number of benzene rings is 1. The molecule has 5 heteroatoms. The lowest BCUT2D eigenvalue weighted by molar-refractivity contribution is -0.124. The largest absolute Gasteiger partial charge is 0.274 e. The highest BCUT2D eigenvalue weighted by Gasteiger charge is 2.67. The lowest BCUT2D eigenvalue weighted by Gasteiger charge is -2.37. The number of rotatable bonds is 1. The molecule has 5 aliphatic rings. The van der Waals surface area contributed by atoms with Crippen LogP contribution in [-0.2, 0) is 9.59 Å². The van der Waals surface area contributed by atoms with Crippen LogP contribution in [0.3, 0.4) is 0 Å². The van der Waals surface area contributed by atoms with Gasteiger partial charge in [0.25, 0.3) is 0 Å². The number of allylic oxidation sites excluding steroid dienone is 2. The van der Waals surface area contributed by atoms with Crippen LogP contribution < -0.4 is 4.90 Å². The van der Waals surface area contributed by atoms with Gasteiger partial charge in [-0.3, -0.25) is 9.59 Å². The molecule has 0 aromatic heterocycles.